The van der Waals surface area contributed by atoms with Gasteiger partial charge in [-0.25, -0.2) is 0 Å². The van der Waals surface area contributed by atoms with E-state index >= 15 is 0 Å². The number of hydrogen-bond acceptors (Lipinski definition) is 1. The van der Waals surface area contributed by atoms with E-state index in [0.29, 0.717) is 0 Å². The van der Waals surface area contributed by atoms with E-state index in [1.807, 2.05) is 31.2 Å². The summed E-state index contributed by atoms with van der Waals surface area (Å²) in [5.41, 5.74) is 2.20. The number of allylic oxidation sites excluding steroid dienone is 9. The molecule has 0 amide bonds. The molecule has 0 atom stereocenters. The second kappa shape index (κ2) is 6.66. The van der Waals surface area contributed by atoms with Gasteiger partial charge in [0.2, 0.25) is 0 Å². The lowest BCUT2D eigenvalue weighted by atomic mass is 10.3. The van der Waals surface area contributed by atoms with Crippen molar-refractivity contribution in [1.29, 1.82) is 0 Å². The lowest BCUT2D eigenvalue weighted by molar-refractivity contribution is 1.03. The van der Waals surface area contributed by atoms with Crippen molar-refractivity contribution in [2.75, 3.05) is 0 Å². The number of nitrogens with one attached hydrogen (secondary N) is 1. The van der Waals surface area contributed by atoms with Crippen molar-refractivity contribution in [3.05, 3.63) is 72.7 Å². The molecule has 0 aromatic heterocycles. The number of rotatable bonds is 4. The SMILES string of the molecule is C=C/C=C\C(=C/C)NC1=CCC=CC=C1. The highest BCUT2D eigenvalue weighted by Gasteiger charge is 1.94. The zero-order valence-corrected chi connectivity index (χ0v) is 9.11. The summed E-state index contributed by atoms with van der Waals surface area (Å²) in [7, 11) is 0. The first-order valence-corrected chi connectivity index (χ1v) is 5.12. The Morgan fingerprint density at radius 1 is 1.47 bits per heavy atom. The average molecular weight is 199 g/mol. The van der Waals surface area contributed by atoms with Crippen molar-refractivity contribution in [3.63, 3.8) is 0 Å². The van der Waals surface area contributed by atoms with Crippen LogP contribution in [0.1, 0.15) is 13.3 Å². The highest BCUT2D eigenvalue weighted by atomic mass is 14.9. The lowest BCUT2D eigenvalue weighted by Crippen LogP contribution is -2.09. The summed E-state index contributed by atoms with van der Waals surface area (Å²) < 4.78 is 0. The first-order valence-electron chi connectivity index (χ1n) is 5.12. The van der Waals surface area contributed by atoms with Gasteiger partial charge in [0.05, 0.1) is 0 Å². The van der Waals surface area contributed by atoms with Gasteiger partial charge in [0.15, 0.2) is 0 Å². The Hall–Kier alpha value is -1.76. The molecule has 0 spiro atoms. The first kappa shape index (κ1) is 11.3. The summed E-state index contributed by atoms with van der Waals surface area (Å²) in [6.07, 6.45) is 19.1. The van der Waals surface area contributed by atoms with Crippen molar-refractivity contribution in [2.24, 2.45) is 0 Å². The van der Waals surface area contributed by atoms with Crippen LogP contribution in [0, 0.1) is 0 Å². The van der Waals surface area contributed by atoms with Crippen LogP contribution in [-0.4, -0.2) is 0 Å². The van der Waals surface area contributed by atoms with E-state index in [0.717, 1.165) is 17.8 Å². The third kappa shape index (κ3) is 4.32. The second-order valence-corrected chi connectivity index (χ2v) is 3.15. The molecule has 0 aromatic rings. The molecule has 0 saturated carbocycles. The minimum Gasteiger partial charge on any atom is -0.356 e. The fourth-order valence-electron chi connectivity index (χ4n) is 1.22. The van der Waals surface area contributed by atoms with E-state index < -0.39 is 0 Å². The molecule has 0 aliphatic heterocycles. The van der Waals surface area contributed by atoms with Gasteiger partial charge < -0.3 is 5.32 Å². The summed E-state index contributed by atoms with van der Waals surface area (Å²) in [5.74, 6) is 0. The van der Waals surface area contributed by atoms with E-state index in [2.05, 4.69) is 36.2 Å². The number of hydrogen-bond donors (Lipinski definition) is 1. The molecule has 0 bridgehead atoms. The average Bonchev–Trinajstić information content (AvgIpc) is 2.52. The molecular weight excluding hydrogens is 182 g/mol. The van der Waals surface area contributed by atoms with E-state index in [4.69, 9.17) is 0 Å². The Kier molecular flexibility index (Phi) is 5.02. The van der Waals surface area contributed by atoms with Gasteiger partial charge in [0.1, 0.15) is 0 Å². The Balaban J connectivity index is 2.63. The molecule has 1 heteroatoms. The molecule has 78 valence electrons. The van der Waals surface area contributed by atoms with Gasteiger partial charge in [-0.15, -0.1) is 0 Å². The Morgan fingerprint density at radius 3 is 3.07 bits per heavy atom. The van der Waals surface area contributed by atoms with Gasteiger partial charge in [-0.05, 0) is 25.5 Å². The quantitative estimate of drug-likeness (QED) is 0.682. The van der Waals surface area contributed by atoms with E-state index in [-0.39, 0.29) is 0 Å². The summed E-state index contributed by atoms with van der Waals surface area (Å²) in [4.78, 5) is 0. The molecule has 0 unspecified atom stereocenters. The molecule has 1 rings (SSSR count). The van der Waals surface area contributed by atoms with Crippen LogP contribution in [0.25, 0.3) is 0 Å². The molecule has 0 radical (unpaired) electrons. The molecule has 15 heavy (non-hydrogen) atoms. The van der Waals surface area contributed by atoms with Gasteiger partial charge in [-0.1, -0.05) is 49.1 Å². The summed E-state index contributed by atoms with van der Waals surface area (Å²) in [5, 5.41) is 3.34. The van der Waals surface area contributed by atoms with Gasteiger partial charge in [0.25, 0.3) is 0 Å². The van der Waals surface area contributed by atoms with Gasteiger partial charge in [-0.3, -0.25) is 0 Å². The maximum atomic E-state index is 3.65. The van der Waals surface area contributed by atoms with Crippen molar-refractivity contribution < 1.29 is 0 Å². The van der Waals surface area contributed by atoms with Crippen molar-refractivity contribution in [1.82, 2.24) is 5.32 Å². The largest absolute Gasteiger partial charge is 0.356 e. The zero-order valence-electron chi connectivity index (χ0n) is 9.11. The fraction of sp³-hybridized carbons (Fsp3) is 0.143. The molecule has 0 heterocycles. The normalized spacial score (nSPS) is 16.3. The maximum Gasteiger partial charge on any atom is 0.0346 e. The molecule has 1 N–H and O–H groups in total. The predicted molar refractivity (Wildman–Crippen MR) is 67.2 cm³/mol. The molecular formula is C14H17N. The standard InChI is InChI=1S/C14H17N/c1-3-5-10-13(4-2)15-14-11-8-6-7-9-12-14/h3-8,10-12,15H,1,9H2,2H3/b10-5-,13-4+. The van der Waals surface area contributed by atoms with Crippen molar-refractivity contribution in [3.8, 4) is 0 Å². The molecule has 0 saturated heterocycles. The zero-order chi connectivity index (χ0) is 10.9. The van der Waals surface area contributed by atoms with Crippen LogP contribution in [0.15, 0.2) is 72.7 Å². The topological polar surface area (TPSA) is 12.0 Å². The predicted octanol–water partition coefficient (Wildman–Crippen LogP) is 3.62. The van der Waals surface area contributed by atoms with Crippen LogP contribution >= 0.6 is 0 Å². The van der Waals surface area contributed by atoms with E-state index in [1.165, 1.54) is 0 Å². The summed E-state index contributed by atoms with van der Waals surface area (Å²) >= 11 is 0. The van der Waals surface area contributed by atoms with Crippen molar-refractivity contribution >= 4 is 0 Å². The van der Waals surface area contributed by atoms with Crippen LogP contribution in [0.5, 0.6) is 0 Å². The third-order valence-corrected chi connectivity index (χ3v) is 2.01. The Labute approximate surface area is 91.9 Å². The Morgan fingerprint density at radius 2 is 2.33 bits per heavy atom. The second-order valence-electron chi connectivity index (χ2n) is 3.15. The maximum absolute atomic E-state index is 3.65. The van der Waals surface area contributed by atoms with E-state index in [9.17, 15) is 0 Å². The monoisotopic (exact) mass is 199 g/mol. The highest BCUT2D eigenvalue weighted by molar-refractivity contribution is 5.31. The van der Waals surface area contributed by atoms with Crippen LogP contribution < -0.4 is 5.32 Å². The third-order valence-electron chi connectivity index (χ3n) is 2.01. The molecule has 1 nitrogen and oxygen atoms in total. The molecule has 1 aliphatic carbocycles. The summed E-state index contributed by atoms with van der Waals surface area (Å²) in [6, 6.07) is 0. The first-order chi connectivity index (χ1) is 7.36. The van der Waals surface area contributed by atoms with Gasteiger partial charge in [-0.2, -0.15) is 0 Å². The van der Waals surface area contributed by atoms with Crippen LogP contribution in [0.4, 0.5) is 0 Å². The minimum atomic E-state index is 0.970. The van der Waals surface area contributed by atoms with Crippen LogP contribution in [0.2, 0.25) is 0 Å². The Bertz CT molecular complexity index is 352. The minimum absolute atomic E-state index is 0.970. The molecule has 1 aliphatic rings. The lowest BCUT2D eigenvalue weighted by Gasteiger charge is -2.07. The summed E-state index contributed by atoms with van der Waals surface area (Å²) in [6.45, 7) is 5.66. The van der Waals surface area contributed by atoms with Crippen molar-refractivity contribution in [2.45, 2.75) is 13.3 Å². The van der Waals surface area contributed by atoms with Crippen LogP contribution in [0.3, 0.4) is 0 Å². The van der Waals surface area contributed by atoms with Crippen LogP contribution in [-0.2, 0) is 0 Å². The van der Waals surface area contributed by atoms with Gasteiger partial charge in [0, 0.05) is 11.4 Å². The smallest absolute Gasteiger partial charge is 0.0346 e. The van der Waals surface area contributed by atoms with E-state index in [1.54, 1.807) is 6.08 Å². The highest BCUT2D eigenvalue weighted by Crippen LogP contribution is 2.05. The molecule has 0 aromatic carbocycles. The molecule has 0 fully saturated rings. The fourth-order valence-corrected chi connectivity index (χ4v) is 1.22. The van der Waals surface area contributed by atoms with Gasteiger partial charge >= 0.3 is 0 Å².